The number of esters is 3. The molecule has 4 aliphatic rings. The molecule has 11 nitrogen and oxygen atoms in total. The number of carbonyl (C=O) groups excluding carboxylic acids is 3. The van der Waals surface area contributed by atoms with Crippen molar-refractivity contribution in [2.75, 3.05) is 5.73 Å². The van der Waals surface area contributed by atoms with Gasteiger partial charge in [0.05, 0.1) is 40.5 Å². The van der Waals surface area contributed by atoms with Gasteiger partial charge in [-0.25, -0.2) is 0 Å². The molecule has 11 heteroatoms. The third-order valence-corrected chi connectivity index (χ3v) is 9.53. The van der Waals surface area contributed by atoms with Crippen LogP contribution in [0.25, 0.3) is 0 Å². The summed E-state index contributed by atoms with van der Waals surface area (Å²) in [6.07, 6.45) is 10.2. The maximum absolute atomic E-state index is 14.4. The Morgan fingerprint density at radius 1 is 0.622 bits per heavy atom. The number of hydrogen-bond acceptors (Lipinski definition) is 11. The second-order valence-corrected chi connectivity index (χ2v) is 12.7. The van der Waals surface area contributed by atoms with Crippen LogP contribution in [0.4, 0.5) is 5.69 Å². The zero-order chi connectivity index (χ0) is 31.3. The quantitative estimate of drug-likeness (QED) is 0.172. The van der Waals surface area contributed by atoms with Gasteiger partial charge in [0.25, 0.3) is 0 Å². The molecule has 3 heterocycles. The van der Waals surface area contributed by atoms with Gasteiger partial charge in [-0.05, 0) is 98.0 Å². The van der Waals surface area contributed by atoms with Crippen molar-refractivity contribution in [3.05, 3.63) is 97.3 Å². The number of pyridine rings is 3. The van der Waals surface area contributed by atoms with Crippen LogP contribution in [0, 0.1) is 16.2 Å². The Labute approximate surface area is 258 Å². The van der Waals surface area contributed by atoms with E-state index in [1.165, 1.54) is 24.7 Å². The van der Waals surface area contributed by atoms with Crippen LogP contribution in [-0.2, 0) is 19.8 Å². The second kappa shape index (κ2) is 10.4. The topological polar surface area (TPSA) is 164 Å². The molecule has 4 bridgehead atoms. The molecule has 0 unspecified atom stereocenters. The number of aromatic hydroxyl groups is 1. The predicted molar refractivity (Wildman–Crippen MR) is 159 cm³/mol. The molecule has 0 saturated heterocycles. The van der Waals surface area contributed by atoms with Crippen LogP contribution in [0.2, 0.25) is 0 Å². The fourth-order valence-electron chi connectivity index (χ4n) is 8.34. The molecule has 45 heavy (non-hydrogen) atoms. The highest BCUT2D eigenvalue weighted by Gasteiger charge is 2.75. The standard InChI is InChI=1S/C34H30N4O7/c35-26-12-22(7-8-27(26)39)31-16-32(28(40)43-23-4-1-9-36-13-23)19-33(17-31,29(41)44-24-5-2-10-37-14-24)21-34(18-31,20-32)30(42)45-25-6-3-11-38-15-25/h1-15,39H,16-21,35H2. The van der Waals surface area contributed by atoms with Gasteiger partial charge in [-0.2, -0.15) is 0 Å². The largest absolute Gasteiger partial charge is 0.506 e. The molecule has 1 aromatic carbocycles. The summed E-state index contributed by atoms with van der Waals surface area (Å²) < 4.78 is 17.8. The van der Waals surface area contributed by atoms with Gasteiger partial charge in [0.15, 0.2) is 0 Å². The molecule has 228 valence electrons. The third kappa shape index (κ3) is 4.84. The molecule has 4 aliphatic carbocycles. The van der Waals surface area contributed by atoms with Crippen LogP contribution >= 0.6 is 0 Å². The van der Waals surface area contributed by atoms with Gasteiger partial charge in [0, 0.05) is 18.6 Å². The molecule has 3 aromatic heterocycles. The number of nitrogen functional groups attached to an aromatic ring is 1. The van der Waals surface area contributed by atoms with Crippen LogP contribution in [-0.4, -0.2) is 38.0 Å². The molecule has 4 saturated carbocycles. The van der Waals surface area contributed by atoms with E-state index in [-0.39, 0.29) is 67.2 Å². The van der Waals surface area contributed by atoms with E-state index in [0.29, 0.717) is 5.56 Å². The summed E-state index contributed by atoms with van der Waals surface area (Å²) in [6.45, 7) is 0. The summed E-state index contributed by atoms with van der Waals surface area (Å²) in [7, 11) is 0. The van der Waals surface area contributed by atoms with E-state index in [9.17, 15) is 19.5 Å². The highest BCUT2D eigenvalue weighted by atomic mass is 16.5. The van der Waals surface area contributed by atoms with Crippen LogP contribution < -0.4 is 19.9 Å². The minimum absolute atomic E-state index is 0.0921. The first kappa shape index (κ1) is 28.5. The Hall–Kier alpha value is -5.32. The van der Waals surface area contributed by atoms with Gasteiger partial charge in [0.1, 0.15) is 23.0 Å². The Morgan fingerprint density at radius 3 is 1.36 bits per heavy atom. The van der Waals surface area contributed by atoms with Gasteiger partial charge >= 0.3 is 17.9 Å². The van der Waals surface area contributed by atoms with Gasteiger partial charge in [0.2, 0.25) is 0 Å². The van der Waals surface area contributed by atoms with Crippen molar-refractivity contribution in [2.45, 2.75) is 43.9 Å². The number of aromatic nitrogens is 3. The van der Waals surface area contributed by atoms with Crippen LogP contribution in [0.1, 0.15) is 44.1 Å². The van der Waals surface area contributed by atoms with Crippen LogP contribution in [0.15, 0.2) is 91.8 Å². The summed E-state index contributed by atoms with van der Waals surface area (Å²) in [5.74, 6) is -1.04. The minimum Gasteiger partial charge on any atom is -0.506 e. The number of phenols is 1. The zero-order valence-corrected chi connectivity index (χ0v) is 24.2. The fraction of sp³-hybridized carbons (Fsp3) is 0.294. The van der Waals surface area contributed by atoms with Crippen molar-refractivity contribution < 1.29 is 33.7 Å². The fourth-order valence-corrected chi connectivity index (χ4v) is 8.34. The average Bonchev–Trinajstić information content (AvgIpc) is 3.03. The van der Waals surface area contributed by atoms with E-state index in [4.69, 9.17) is 19.9 Å². The lowest BCUT2D eigenvalue weighted by molar-refractivity contribution is -0.210. The number of carbonyl (C=O) groups is 3. The average molecular weight is 607 g/mol. The van der Waals surface area contributed by atoms with Crippen LogP contribution in [0.3, 0.4) is 0 Å². The molecule has 8 rings (SSSR count). The second-order valence-electron chi connectivity index (χ2n) is 12.7. The lowest BCUT2D eigenvalue weighted by Crippen LogP contribution is -2.69. The Kier molecular flexibility index (Phi) is 6.57. The van der Waals surface area contributed by atoms with Crippen molar-refractivity contribution in [1.29, 1.82) is 0 Å². The number of nitrogens with zero attached hydrogens (tertiary/aromatic N) is 3. The molecule has 3 N–H and O–H groups in total. The van der Waals surface area contributed by atoms with E-state index in [0.717, 1.165) is 0 Å². The Balaban J connectivity index is 1.39. The van der Waals surface area contributed by atoms with Gasteiger partial charge in [-0.15, -0.1) is 0 Å². The van der Waals surface area contributed by atoms with E-state index < -0.39 is 39.6 Å². The molecule has 4 fully saturated rings. The summed E-state index contributed by atoms with van der Waals surface area (Å²) in [5.41, 5.74) is 2.30. The molecule has 0 atom stereocenters. The van der Waals surface area contributed by atoms with Gasteiger partial charge in [-0.3, -0.25) is 29.3 Å². The number of benzene rings is 1. The highest BCUT2D eigenvalue weighted by molar-refractivity contribution is 5.90. The normalized spacial score (nSPS) is 27.8. The summed E-state index contributed by atoms with van der Waals surface area (Å²) in [4.78, 5) is 55.3. The number of ether oxygens (including phenoxy) is 3. The summed E-state index contributed by atoms with van der Waals surface area (Å²) in [5, 5.41) is 10.3. The van der Waals surface area contributed by atoms with Gasteiger partial charge in [-0.1, -0.05) is 6.07 Å². The minimum atomic E-state index is -1.28. The van der Waals surface area contributed by atoms with Crippen molar-refractivity contribution in [3.8, 4) is 23.0 Å². The number of nitrogens with two attached hydrogens (primary N) is 1. The number of hydrogen-bond donors (Lipinski definition) is 2. The van der Waals surface area contributed by atoms with Crippen molar-refractivity contribution >= 4 is 23.6 Å². The molecule has 0 spiro atoms. The lowest BCUT2D eigenvalue weighted by atomic mass is 9.34. The maximum Gasteiger partial charge on any atom is 0.317 e. The number of phenolic OH excluding ortho intramolecular Hbond substituents is 1. The smallest absolute Gasteiger partial charge is 0.317 e. The highest BCUT2D eigenvalue weighted by Crippen LogP contribution is 2.75. The van der Waals surface area contributed by atoms with E-state index in [2.05, 4.69) is 15.0 Å². The number of rotatable bonds is 7. The first-order valence-electron chi connectivity index (χ1n) is 14.6. The molecule has 0 aliphatic heterocycles. The zero-order valence-electron chi connectivity index (χ0n) is 24.2. The van der Waals surface area contributed by atoms with Crippen molar-refractivity contribution in [2.24, 2.45) is 16.2 Å². The SMILES string of the molecule is Nc1cc(C23CC4(C(=O)Oc5cccnc5)CC(C(=O)Oc5cccnc5)(CC(C(=O)Oc5cccnc5)(C4)C2)C3)ccc1O. The monoisotopic (exact) mass is 606 g/mol. The van der Waals surface area contributed by atoms with E-state index in [1.807, 2.05) is 0 Å². The molecule has 4 aromatic rings. The first-order chi connectivity index (χ1) is 21.6. The molecular formula is C34H30N4O7. The molecule has 0 radical (unpaired) electrons. The van der Waals surface area contributed by atoms with E-state index in [1.54, 1.807) is 67.1 Å². The maximum atomic E-state index is 14.4. The van der Waals surface area contributed by atoms with Gasteiger partial charge < -0.3 is 25.1 Å². The third-order valence-electron chi connectivity index (χ3n) is 9.53. The van der Waals surface area contributed by atoms with Crippen molar-refractivity contribution in [3.63, 3.8) is 0 Å². The Morgan fingerprint density at radius 2 is 1.02 bits per heavy atom. The van der Waals surface area contributed by atoms with E-state index >= 15 is 0 Å². The molecular weight excluding hydrogens is 576 g/mol. The summed E-state index contributed by atoms with van der Waals surface area (Å²) in [6, 6.07) is 14.7. The Bertz CT molecular complexity index is 1610. The number of anilines is 1. The van der Waals surface area contributed by atoms with Crippen LogP contribution in [0.5, 0.6) is 23.0 Å². The summed E-state index contributed by atoms with van der Waals surface area (Å²) >= 11 is 0. The molecule has 0 amide bonds. The van der Waals surface area contributed by atoms with Crippen molar-refractivity contribution in [1.82, 2.24) is 15.0 Å². The predicted octanol–water partition coefficient (Wildman–Crippen LogP) is 4.55. The first-order valence-corrected chi connectivity index (χ1v) is 14.6. The lowest BCUT2D eigenvalue weighted by Gasteiger charge is -2.67.